The molecule has 132 valence electrons. The van der Waals surface area contributed by atoms with Crippen LogP contribution in [0.4, 0.5) is 11.4 Å². The Morgan fingerprint density at radius 2 is 1.92 bits per heavy atom. The first-order valence-corrected chi connectivity index (χ1v) is 9.37. The van der Waals surface area contributed by atoms with Gasteiger partial charge >= 0.3 is 0 Å². The van der Waals surface area contributed by atoms with E-state index in [0.717, 1.165) is 24.0 Å². The summed E-state index contributed by atoms with van der Waals surface area (Å²) in [6, 6.07) is 10.6. The molecule has 0 aliphatic heterocycles. The van der Waals surface area contributed by atoms with Crippen LogP contribution in [-0.4, -0.2) is 19.4 Å². The summed E-state index contributed by atoms with van der Waals surface area (Å²) < 4.78 is 27.8. The molecule has 7 nitrogen and oxygen atoms in total. The van der Waals surface area contributed by atoms with Gasteiger partial charge in [0.25, 0.3) is 15.7 Å². The van der Waals surface area contributed by atoms with Crippen molar-refractivity contribution in [3.05, 3.63) is 63.7 Å². The van der Waals surface area contributed by atoms with Crippen molar-refractivity contribution in [1.29, 1.82) is 0 Å². The van der Waals surface area contributed by atoms with Crippen LogP contribution in [0.1, 0.15) is 24.0 Å². The SMILES string of the molecule is Cc1cc(CN)ccc1N(C1CC1)S(=O)(=O)c1ccccc1[N+](=O)[O-]. The van der Waals surface area contributed by atoms with Crippen LogP contribution in [0.15, 0.2) is 47.4 Å². The number of sulfonamides is 1. The van der Waals surface area contributed by atoms with Crippen molar-refractivity contribution < 1.29 is 13.3 Å². The standard InChI is InChI=1S/C17H19N3O4S/c1-12-10-13(11-18)6-9-15(12)19(14-7-8-14)25(23,24)17-5-3-2-4-16(17)20(21)22/h2-6,9-10,14H,7-8,11,18H2,1H3. The summed E-state index contributed by atoms with van der Waals surface area (Å²) in [4.78, 5) is 10.3. The molecule has 0 radical (unpaired) electrons. The highest BCUT2D eigenvalue weighted by Gasteiger charge is 2.41. The fraction of sp³-hybridized carbons (Fsp3) is 0.294. The third-order valence-corrected chi connectivity index (χ3v) is 6.13. The van der Waals surface area contributed by atoms with Crippen LogP contribution in [0, 0.1) is 17.0 Å². The number of nitro benzene ring substituents is 1. The van der Waals surface area contributed by atoms with Crippen molar-refractivity contribution in [2.24, 2.45) is 5.73 Å². The van der Waals surface area contributed by atoms with Crippen LogP contribution in [0.3, 0.4) is 0 Å². The molecule has 2 N–H and O–H groups in total. The Bertz CT molecular complexity index is 923. The van der Waals surface area contributed by atoms with E-state index in [0.29, 0.717) is 12.2 Å². The van der Waals surface area contributed by atoms with E-state index in [2.05, 4.69) is 0 Å². The first-order chi connectivity index (χ1) is 11.9. The molecular weight excluding hydrogens is 342 g/mol. The summed E-state index contributed by atoms with van der Waals surface area (Å²) in [5.41, 5.74) is 7.45. The van der Waals surface area contributed by atoms with Crippen LogP contribution < -0.4 is 10.0 Å². The van der Waals surface area contributed by atoms with Crippen molar-refractivity contribution in [2.75, 3.05) is 4.31 Å². The Balaban J connectivity index is 2.15. The molecule has 2 aromatic carbocycles. The molecule has 3 rings (SSSR count). The zero-order valence-electron chi connectivity index (χ0n) is 13.8. The number of nitrogens with zero attached hydrogens (tertiary/aromatic N) is 2. The van der Waals surface area contributed by atoms with Gasteiger partial charge in [0, 0.05) is 18.7 Å². The zero-order chi connectivity index (χ0) is 18.2. The molecule has 0 spiro atoms. The van der Waals surface area contributed by atoms with Gasteiger partial charge in [-0.25, -0.2) is 8.42 Å². The lowest BCUT2D eigenvalue weighted by atomic mass is 10.1. The van der Waals surface area contributed by atoms with Crippen LogP contribution in [0.5, 0.6) is 0 Å². The lowest BCUT2D eigenvalue weighted by molar-refractivity contribution is -0.387. The highest BCUT2D eigenvalue weighted by molar-refractivity contribution is 7.93. The van der Waals surface area contributed by atoms with E-state index in [-0.39, 0.29) is 10.9 Å². The molecule has 1 aliphatic carbocycles. The van der Waals surface area contributed by atoms with Gasteiger partial charge in [0.15, 0.2) is 4.90 Å². The molecule has 1 saturated carbocycles. The van der Waals surface area contributed by atoms with Gasteiger partial charge in [-0.15, -0.1) is 0 Å². The summed E-state index contributed by atoms with van der Waals surface area (Å²) in [5.74, 6) is 0. The summed E-state index contributed by atoms with van der Waals surface area (Å²) >= 11 is 0. The Kier molecular flexibility index (Phi) is 4.49. The molecule has 25 heavy (non-hydrogen) atoms. The summed E-state index contributed by atoms with van der Waals surface area (Å²) in [7, 11) is -4.05. The largest absolute Gasteiger partial charge is 0.326 e. The van der Waals surface area contributed by atoms with Crippen molar-refractivity contribution in [2.45, 2.75) is 37.2 Å². The number of para-hydroxylation sites is 1. The minimum Gasteiger partial charge on any atom is -0.326 e. The van der Waals surface area contributed by atoms with Gasteiger partial charge in [0.1, 0.15) is 0 Å². The Labute approximate surface area is 146 Å². The van der Waals surface area contributed by atoms with E-state index in [1.54, 1.807) is 12.1 Å². The van der Waals surface area contributed by atoms with E-state index in [1.165, 1.54) is 28.6 Å². The smallest absolute Gasteiger partial charge is 0.289 e. The van der Waals surface area contributed by atoms with E-state index >= 15 is 0 Å². The van der Waals surface area contributed by atoms with Gasteiger partial charge in [-0.1, -0.05) is 24.3 Å². The van der Waals surface area contributed by atoms with Gasteiger partial charge in [0.05, 0.1) is 10.6 Å². The molecule has 0 unspecified atom stereocenters. The number of anilines is 1. The molecule has 0 bridgehead atoms. The van der Waals surface area contributed by atoms with Crippen LogP contribution in [0.25, 0.3) is 0 Å². The Hall–Kier alpha value is -2.45. The van der Waals surface area contributed by atoms with Crippen LogP contribution in [0.2, 0.25) is 0 Å². The molecule has 0 atom stereocenters. The average Bonchev–Trinajstić information content (AvgIpc) is 3.41. The van der Waals surface area contributed by atoms with E-state index < -0.39 is 20.6 Å². The number of hydrogen-bond acceptors (Lipinski definition) is 5. The van der Waals surface area contributed by atoms with Gasteiger partial charge < -0.3 is 5.73 Å². The number of nitro groups is 1. The minimum atomic E-state index is -4.05. The van der Waals surface area contributed by atoms with Gasteiger partial charge in [-0.05, 0) is 43.0 Å². The zero-order valence-corrected chi connectivity index (χ0v) is 14.6. The van der Waals surface area contributed by atoms with Crippen molar-refractivity contribution in [3.63, 3.8) is 0 Å². The lowest BCUT2D eigenvalue weighted by Gasteiger charge is -2.26. The normalized spacial score (nSPS) is 14.3. The number of rotatable bonds is 6. The molecule has 0 aromatic heterocycles. The quantitative estimate of drug-likeness (QED) is 0.629. The molecule has 2 aromatic rings. The third-order valence-electron chi connectivity index (χ3n) is 4.21. The van der Waals surface area contributed by atoms with E-state index in [1.807, 2.05) is 13.0 Å². The fourth-order valence-corrected chi connectivity index (χ4v) is 4.79. The predicted octanol–water partition coefficient (Wildman–Crippen LogP) is 2.72. The van der Waals surface area contributed by atoms with Crippen molar-refractivity contribution in [1.82, 2.24) is 0 Å². The predicted molar refractivity (Wildman–Crippen MR) is 94.9 cm³/mol. The summed E-state index contributed by atoms with van der Waals surface area (Å²) in [6.45, 7) is 2.18. The van der Waals surface area contributed by atoms with Crippen molar-refractivity contribution >= 4 is 21.4 Å². The molecular formula is C17H19N3O4S. The second kappa shape index (κ2) is 6.45. The van der Waals surface area contributed by atoms with Gasteiger partial charge in [-0.2, -0.15) is 0 Å². The average molecular weight is 361 g/mol. The van der Waals surface area contributed by atoms with Crippen molar-refractivity contribution in [3.8, 4) is 0 Å². The first kappa shape index (κ1) is 17.4. The monoisotopic (exact) mass is 361 g/mol. The molecule has 0 amide bonds. The second-order valence-electron chi connectivity index (χ2n) is 6.08. The highest BCUT2D eigenvalue weighted by Crippen LogP contribution is 2.40. The molecule has 8 heteroatoms. The molecule has 0 heterocycles. The first-order valence-electron chi connectivity index (χ1n) is 7.93. The van der Waals surface area contributed by atoms with Crippen LogP contribution in [-0.2, 0) is 16.6 Å². The maximum absolute atomic E-state index is 13.2. The Morgan fingerprint density at radius 1 is 1.24 bits per heavy atom. The number of hydrogen-bond donors (Lipinski definition) is 1. The fourth-order valence-electron chi connectivity index (χ4n) is 2.86. The maximum atomic E-state index is 13.2. The number of aryl methyl sites for hydroxylation is 1. The second-order valence-corrected chi connectivity index (χ2v) is 7.87. The van der Waals surface area contributed by atoms with Crippen LogP contribution >= 0.6 is 0 Å². The molecule has 1 fully saturated rings. The summed E-state index contributed by atoms with van der Waals surface area (Å²) in [5, 5.41) is 11.3. The topological polar surface area (TPSA) is 107 Å². The maximum Gasteiger partial charge on any atom is 0.289 e. The molecule has 0 saturated heterocycles. The number of nitrogens with two attached hydrogens (primary N) is 1. The van der Waals surface area contributed by atoms with E-state index in [9.17, 15) is 18.5 Å². The molecule has 1 aliphatic rings. The van der Waals surface area contributed by atoms with E-state index in [4.69, 9.17) is 5.73 Å². The third kappa shape index (κ3) is 3.22. The minimum absolute atomic E-state index is 0.174. The lowest BCUT2D eigenvalue weighted by Crippen LogP contribution is -2.34. The van der Waals surface area contributed by atoms with Gasteiger partial charge in [0.2, 0.25) is 0 Å². The van der Waals surface area contributed by atoms with Gasteiger partial charge in [-0.3, -0.25) is 14.4 Å². The Morgan fingerprint density at radius 3 is 2.48 bits per heavy atom. The summed E-state index contributed by atoms with van der Waals surface area (Å²) in [6.07, 6.45) is 1.47. The number of benzene rings is 2. The highest BCUT2D eigenvalue weighted by atomic mass is 32.2.